The zero-order valence-electron chi connectivity index (χ0n) is 15.2. The Bertz CT molecular complexity index is 615. The molecule has 0 heterocycles. The third-order valence-corrected chi connectivity index (χ3v) is 2.91. The quantitative estimate of drug-likeness (QED) is 0.122. The van der Waals surface area contributed by atoms with Crippen LogP contribution in [0.25, 0.3) is 26.4 Å². The van der Waals surface area contributed by atoms with E-state index in [2.05, 4.69) is 41.9 Å². The molecular weight excluding hydrogens is 604 g/mol. The predicted molar refractivity (Wildman–Crippen MR) is 104 cm³/mol. The Morgan fingerprint density at radius 3 is 1.42 bits per heavy atom. The van der Waals surface area contributed by atoms with Gasteiger partial charge in [0.25, 0.3) is 0 Å². The molecule has 0 aliphatic carbocycles. The van der Waals surface area contributed by atoms with Gasteiger partial charge in [0.2, 0.25) is 0 Å². The molecule has 2 aromatic carbocycles. The van der Waals surface area contributed by atoms with E-state index in [1.807, 2.05) is 36.4 Å². The van der Waals surface area contributed by atoms with Crippen LogP contribution < -0.4 is 86.7 Å². The van der Waals surface area contributed by atoms with E-state index in [0.29, 0.717) is 5.69 Å². The van der Waals surface area contributed by atoms with Crippen LogP contribution in [0.15, 0.2) is 62.6 Å². The number of hydrogen-bond donors (Lipinski definition) is 1. The second-order valence-corrected chi connectivity index (χ2v) is 5.14. The molecular formula is C13H13Br2K2N7NaY. The summed E-state index contributed by atoms with van der Waals surface area (Å²) >= 11 is 6.55. The SMILES string of the molecule is Nc1ccc(Br)cc1.[CH3-].[K+].[K].[N-]=[N+]=Nc1ccc(Br)cc1.[N-]=[N+]=[N-].[Na+].[Y]. The summed E-state index contributed by atoms with van der Waals surface area (Å²) in [5.41, 5.74) is 28.4. The minimum Gasteiger partial charge on any atom is -0.399 e. The van der Waals surface area contributed by atoms with E-state index in [1.54, 1.807) is 12.1 Å². The van der Waals surface area contributed by atoms with Crippen LogP contribution in [-0.2, 0) is 32.7 Å². The van der Waals surface area contributed by atoms with Crippen molar-refractivity contribution in [3.63, 3.8) is 0 Å². The Balaban J connectivity index is -0.0000000578. The summed E-state index contributed by atoms with van der Waals surface area (Å²) in [6, 6.07) is 14.7. The fraction of sp³-hybridized carbons (Fsp3) is 0. The van der Waals surface area contributed by atoms with Crippen molar-refractivity contribution in [2.45, 2.75) is 0 Å². The number of halogens is 2. The molecule has 2 aromatic rings. The van der Waals surface area contributed by atoms with Crippen LogP contribution >= 0.6 is 31.9 Å². The second-order valence-electron chi connectivity index (χ2n) is 3.31. The van der Waals surface area contributed by atoms with E-state index in [-0.39, 0.29) is 172 Å². The summed E-state index contributed by atoms with van der Waals surface area (Å²) in [6.07, 6.45) is 0. The number of rotatable bonds is 1. The second kappa shape index (κ2) is 30.4. The third-order valence-electron chi connectivity index (χ3n) is 1.86. The van der Waals surface area contributed by atoms with Crippen LogP contribution in [0.3, 0.4) is 0 Å². The minimum atomic E-state index is 0. The summed E-state index contributed by atoms with van der Waals surface area (Å²) in [5, 5.41) is 3.41. The topological polar surface area (TPSA) is 133 Å². The van der Waals surface area contributed by atoms with Gasteiger partial charge in [-0.05, 0) is 41.9 Å². The maximum atomic E-state index is 8.04. The molecule has 7 nitrogen and oxygen atoms in total. The van der Waals surface area contributed by atoms with Crippen molar-refractivity contribution in [1.29, 1.82) is 0 Å². The van der Waals surface area contributed by atoms with Gasteiger partial charge in [0.15, 0.2) is 0 Å². The molecule has 26 heavy (non-hydrogen) atoms. The fourth-order valence-electron chi connectivity index (χ4n) is 1.02. The smallest absolute Gasteiger partial charge is 0.399 e. The summed E-state index contributed by atoms with van der Waals surface area (Å²) in [5.74, 6) is 0. The first kappa shape index (κ1) is 43.1. The molecule has 0 fully saturated rings. The van der Waals surface area contributed by atoms with E-state index >= 15 is 0 Å². The molecule has 0 spiro atoms. The minimum absolute atomic E-state index is 0. The molecule has 13 heteroatoms. The van der Waals surface area contributed by atoms with Gasteiger partial charge in [-0.25, -0.2) is 0 Å². The Morgan fingerprint density at radius 1 is 0.846 bits per heavy atom. The van der Waals surface area contributed by atoms with Crippen molar-refractivity contribution in [3.8, 4) is 0 Å². The third kappa shape index (κ3) is 27.2. The first-order chi connectivity index (χ1) is 10.0. The Morgan fingerprint density at radius 2 is 1.15 bits per heavy atom. The van der Waals surface area contributed by atoms with Crippen molar-refractivity contribution in [3.05, 3.63) is 91.3 Å². The number of nitrogen functional groups attached to an aromatic ring is 1. The number of benzene rings is 2. The molecule has 0 saturated heterocycles. The normalized spacial score (nSPS) is 6.38. The van der Waals surface area contributed by atoms with Gasteiger partial charge in [-0.15, -0.1) is 0 Å². The number of nitrogens with two attached hydrogens (primary N) is 1. The van der Waals surface area contributed by atoms with Gasteiger partial charge in [-0.3, -0.25) is 4.91 Å². The number of nitrogens with zero attached hydrogens (tertiary/aromatic N) is 6. The summed E-state index contributed by atoms with van der Waals surface area (Å²) in [6.45, 7) is 0. The maximum Gasteiger partial charge on any atom is 1.00 e. The van der Waals surface area contributed by atoms with Crippen molar-refractivity contribution in [2.75, 3.05) is 5.73 Å². The van der Waals surface area contributed by atoms with Gasteiger partial charge in [-0.1, -0.05) is 49.1 Å². The van der Waals surface area contributed by atoms with Gasteiger partial charge in [0.1, 0.15) is 0 Å². The largest absolute Gasteiger partial charge is 1.00 e. The average Bonchev–Trinajstić information content (AvgIpc) is 2.47. The van der Waals surface area contributed by atoms with Crippen LogP contribution in [0, 0.1) is 7.43 Å². The Hall–Kier alpha value is 3.20. The van der Waals surface area contributed by atoms with E-state index in [0.717, 1.165) is 14.6 Å². The molecule has 120 valence electrons. The zero-order valence-corrected chi connectivity index (χ0v) is 29.5. The molecule has 0 unspecified atom stereocenters. The van der Waals surface area contributed by atoms with Crippen LogP contribution in [0.2, 0.25) is 0 Å². The van der Waals surface area contributed by atoms with Gasteiger partial charge in [0.05, 0.1) is 0 Å². The van der Waals surface area contributed by atoms with Crippen LogP contribution in [0.5, 0.6) is 0 Å². The summed E-state index contributed by atoms with van der Waals surface area (Å²) < 4.78 is 2.04. The molecule has 0 bridgehead atoms. The van der Waals surface area contributed by atoms with E-state index in [4.69, 9.17) is 22.3 Å². The number of azide groups is 1. The maximum absolute atomic E-state index is 8.04. The van der Waals surface area contributed by atoms with Crippen LogP contribution in [0.1, 0.15) is 0 Å². The number of hydrogen-bond acceptors (Lipinski definition) is 2. The zero-order chi connectivity index (χ0) is 16.1. The number of anilines is 1. The van der Waals surface area contributed by atoms with Crippen molar-refractivity contribution >= 4 is 94.6 Å². The summed E-state index contributed by atoms with van der Waals surface area (Å²) in [4.78, 5) is 4.15. The molecule has 0 aliphatic rings. The van der Waals surface area contributed by atoms with Gasteiger partial charge >= 0.3 is 80.9 Å². The first-order valence-corrected chi connectivity index (χ1v) is 6.92. The van der Waals surface area contributed by atoms with E-state index < -0.39 is 0 Å². The monoisotopic (exact) mass is 615 g/mol. The van der Waals surface area contributed by atoms with Gasteiger partial charge in [0, 0.05) is 109 Å². The Kier molecular flexibility index (Phi) is 50.4. The fourth-order valence-corrected chi connectivity index (χ4v) is 1.55. The van der Waals surface area contributed by atoms with E-state index in [1.165, 1.54) is 4.91 Å². The molecule has 2 rings (SSSR count). The van der Waals surface area contributed by atoms with Crippen LogP contribution in [0.4, 0.5) is 11.4 Å². The molecule has 0 aliphatic heterocycles. The van der Waals surface area contributed by atoms with Gasteiger partial charge < -0.3 is 24.2 Å². The first-order valence-electron chi connectivity index (χ1n) is 5.33. The Labute approximate surface area is 303 Å². The summed E-state index contributed by atoms with van der Waals surface area (Å²) in [7, 11) is 0. The predicted octanol–water partition coefficient (Wildman–Crippen LogP) is 0.363. The molecule has 0 amide bonds. The van der Waals surface area contributed by atoms with Gasteiger partial charge in [-0.2, -0.15) is 0 Å². The van der Waals surface area contributed by atoms with E-state index in [9.17, 15) is 0 Å². The molecule has 0 atom stereocenters. The molecule has 2 N–H and O–H groups in total. The molecule has 0 aromatic heterocycles. The molecule has 0 saturated carbocycles. The molecule has 2 radical (unpaired) electrons. The van der Waals surface area contributed by atoms with Crippen molar-refractivity contribution in [2.24, 2.45) is 5.11 Å². The standard InChI is InChI=1S/C6H4BrN3.C6H6BrN.CH3.2K.N3.Na.Y/c7-5-1-3-6(4-2-5)9-10-8;7-5-1-3-6(8)4-2-5;;;;1-3-2;;/h1-4H;1-4H,8H2;1H3;;;;;/q;;-1;;+1;-1;+1;. The van der Waals surface area contributed by atoms with Crippen molar-refractivity contribution < 1.29 is 114 Å². The van der Waals surface area contributed by atoms with Crippen LogP contribution in [-0.4, -0.2) is 51.4 Å². The van der Waals surface area contributed by atoms with Crippen molar-refractivity contribution in [1.82, 2.24) is 0 Å². The average molecular weight is 617 g/mol.